The van der Waals surface area contributed by atoms with Crippen molar-refractivity contribution >= 4 is 29.7 Å². The van der Waals surface area contributed by atoms with Crippen LogP contribution in [0.1, 0.15) is 16.8 Å². The molecule has 0 aliphatic carbocycles. The highest BCUT2D eigenvalue weighted by Gasteiger charge is 2.47. The monoisotopic (exact) mass is 379 g/mol. The lowest BCUT2D eigenvalue weighted by molar-refractivity contribution is -0.241. The fourth-order valence-electron chi connectivity index (χ4n) is 2.26. The van der Waals surface area contributed by atoms with Crippen LogP contribution in [-0.4, -0.2) is 57.2 Å². The summed E-state index contributed by atoms with van der Waals surface area (Å²) in [5.74, 6) is -5.13. The minimum absolute atomic E-state index is 0.00916. The molecular weight excluding hydrogens is 367 g/mol. The Morgan fingerprint density at radius 1 is 1.20 bits per heavy atom. The van der Waals surface area contributed by atoms with Crippen LogP contribution in [0, 0.1) is 0 Å². The summed E-state index contributed by atoms with van der Waals surface area (Å²) < 4.78 is 36.9. The molecule has 0 radical (unpaired) electrons. The van der Waals surface area contributed by atoms with Crippen molar-refractivity contribution in [3.05, 3.63) is 29.8 Å². The number of alkyl halides is 3. The first kappa shape index (κ1) is 19.1. The first-order valence-corrected chi connectivity index (χ1v) is 7.75. The number of rotatable bonds is 5. The molecule has 1 aromatic rings. The number of hydrogen-bond acceptors (Lipinski definition) is 6. The van der Waals surface area contributed by atoms with E-state index in [9.17, 15) is 27.6 Å². The molecule has 2 rings (SSSR count). The Bertz CT molecular complexity index is 695. The van der Waals surface area contributed by atoms with E-state index in [-0.39, 0.29) is 18.5 Å². The van der Waals surface area contributed by atoms with E-state index in [0.717, 1.165) is 11.8 Å². The third-order valence-electron chi connectivity index (χ3n) is 3.35. The first-order chi connectivity index (χ1) is 11.6. The SMILES string of the molecule is O=C(O)c1ccccc1SC1CC(C(=O)O)N(OC(=O)C(F)(F)F)C1. The molecule has 136 valence electrons. The molecule has 1 aliphatic rings. The zero-order valence-corrected chi connectivity index (χ0v) is 13.2. The fourth-order valence-corrected chi connectivity index (χ4v) is 3.56. The predicted octanol–water partition coefficient (Wildman–Crippen LogP) is 2.02. The van der Waals surface area contributed by atoms with E-state index < -0.39 is 35.4 Å². The van der Waals surface area contributed by atoms with Crippen LogP contribution in [-0.2, 0) is 14.4 Å². The Labute approximate surface area is 143 Å². The summed E-state index contributed by atoms with van der Waals surface area (Å²) in [7, 11) is 0. The molecule has 2 N–H and O–H groups in total. The van der Waals surface area contributed by atoms with E-state index in [1.54, 1.807) is 6.07 Å². The van der Waals surface area contributed by atoms with Gasteiger partial charge < -0.3 is 15.1 Å². The van der Waals surface area contributed by atoms with Crippen LogP contribution in [0.25, 0.3) is 0 Å². The lowest BCUT2D eigenvalue weighted by Crippen LogP contribution is -2.41. The maximum Gasteiger partial charge on any atom is 0.492 e. The summed E-state index contributed by atoms with van der Waals surface area (Å²) >= 11 is 1.01. The first-order valence-electron chi connectivity index (χ1n) is 6.87. The third kappa shape index (κ3) is 4.63. The van der Waals surface area contributed by atoms with Gasteiger partial charge in [0.25, 0.3) is 0 Å². The molecule has 1 heterocycles. The van der Waals surface area contributed by atoms with Gasteiger partial charge in [-0.15, -0.1) is 16.8 Å². The van der Waals surface area contributed by atoms with Crippen LogP contribution in [0.15, 0.2) is 29.2 Å². The summed E-state index contributed by atoms with van der Waals surface area (Å²) in [6.45, 7) is -0.280. The van der Waals surface area contributed by atoms with Gasteiger partial charge in [-0.1, -0.05) is 12.1 Å². The Balaban J connectivity index is 2.13. The molecule has 1 aliphatic heterocycles. The molecule has 2 atom stereocenters. The van der Waals surface area contributed by atoms with Gasteiger partial charge in [0, 0.05) is 16.7 Å². The highest BCUT2D eigenvalue weighted by atomic mass is 32.2. The fraction of sp³-hybridized carbons (Fsp3) is 0.357. The normalized spacial score (nSPS) is 21.1. The molecule has 1 saturated heterocycles. The highest BCUT2D eigenvalue weighted by molar-refractivity contribution is 8.00. The van der Waals surface area contributed by atoms with Gasteiger partial charge >= 0.3 is 24.1 Å². The Kier molecular flexibility index (Phi) is 5.58. The average molecular weight is 379 g/mol. The summed E-state index contributed by atoms with van der Waals surface area (Å²) in [5.41, 5.74) is -0.00916. The number of aromatic carboxylic acids is 1. The van der Waals surface area contributed by atoms with Gasteiger partial charge in [0.05, 0.1) is 5.56 Å². The number of nitrogens with zero attached hydrogens (tertiary/aromatic N) is 1. The van der Waals surface area contributed by atoms with Crippen LogP contribution in [0.2, 0.25) is 0 Å². The number of carboxylic acid groups (broad SMARTS) is 2. The molecule has 7 nitrogen and oxygen atoms in total. The maximum atomic E-state index is 12.3. The third-order valence-corrected chi connectivity index (χ3v) is 4.63. The number of carboxylic acids is 2. The number of thioether (sulfide) groups is 1. The van der Waals surface area contributed by atoms with Crippen LogP contribution >= 0.6 is 11.8 Å². The van der Waals surface area contributed by atoms with Gasteiger partial charge in [0.2, 0.25) is 0 Å². The van der Waals surface area contributed by atoms with Crippen molar-refractivity contribution in [1.29, 1.82) is 0 Å². The van der Waals surface area contributed by atoms with E-state index in [0.29, 0.717) is 9.96 Å². The molecule has 0 saturated carbocycles. The van der Waals surface area contributed by atoms with Crippen LogP contribution in [0.3, 0.4) is 0 Å². The molecular formula is C14H12F3NO6S. The maximum absolute atomic E-state index is 12.3. The van der Waals surface area contributed by atoms with Gasteiger partial charge in [0.15, 0.2) is 0 Å². The van der Waals surface area contributed by atoms with Crippen molar-refractivity contribution in [3.63, 3.8) is 0 Å². The summed E-state index contributed by atoms with van der Waals surface area (Å²) in [5, 5.41) is 18.1. The number of benzene rings is 1. The number of hydrogen-bond donors (Lipinski definition) is 2. The van der Waals surface area contributed by atoms with E-state index >= 15 is 0 Å². The molecule has 1 fully saturated rings. The second-order valence-corrected chi connectivity index (χ2v) is 6.45. The average Bonchev–Trinajstić information content (AvgIpc) is 2.89. The lowest BCUT2D eigenvalue weighted by Gasteiger charge is -2.20. The number of hydroxylamine groups is 2. The Morgan fingerprint density at radius 3 is 2.40 bits per heavy atom. The molecule has 11 heteroatoms. The number of aliphatic carboxylic acids is 1. The summed E-state index contributed by atoms with van der Waals surface area (Å²) in [6, 6.07) is 4.52. The van der Waals surface area contributed by atoms with E-state index in [2.05, 4.69) is 4.84 Å². The molecule has 1 aromatic carbocycles. The van der Waals surface area contributed by atoms with Crippen LogP contribution < -0.4 is 0 Å². The van der Waals surface area contributed by atoms with Crippen molar-refractivity contribution in [1.82, 2.24) is 5.06 Å². The largest absolute Gasteiger partial charge is 0.492 e. The standard InChI is InChI=1S/C14H12F3NO6S/c15-14(16,17)13(23)24-18-6-7(5-9(18)12(21)22)25-10-4-2-1-3-8(10)11(19)20/h1-4,7,9H,5-6H2,(H,19,20)(H,21,22). The van der Waals surface area contributed by atoms with Gasteiger partial charge in [-0.05, 0) is 18.6 Å². The van der Waals surface area contributed by atoms with Crippen molar-refractivity contribution < 1.29 is 42.6 Å². The van der Waals surface area contributed by atoms with E-state index in [1.165, 1.54) is 18.2 Å². The van der Waals surface area contributed by atoms with E-state index in [1.807, 2.05) is 0 Å². The van der Waals surface area contributed by atoms with Crippen LogP contribution in [0.4, 0.5) is 13.2 Å². The number of carbonyl (C=O) groups is 3. The molecule has 0 bridgehead atoms. The molecule has 25 heavy (non-hydrogen) atoms. The smallest absolute Gasteiger partial charge is 0.480 e. The van der Waals surface area contributed by atoms with Crippen molar-refractivity contribution in [2.75, 3.05) is 6.54 Å². The molecule has 0 aromatic heterocycles. The topological polar surface area (TPSA) is 104 Å². The van der Waals surface area contributed by atoms with Crippen LogP contribution in [0.5, 0.6) is 0 Å². The van der Waals surface area contributed by atoms with Crippen molar-refractivity contribution in [2.24, 2.45) is 0 Å². The summed E-state index contributed by atoms with van der Waals surface area (Å²) in [6.07, 6.45) is -5.36. The number of halogens is 3. The quantitative estimate of drug-likeness (QED) is 0.801. The van der Waals surface area contributed by atoms with Crippen molar-refractivity contribution in [3.8, 4) is 0 Å². The second kappa shape index (κ2) is 7.31. The lowest BCUT2D eigenvalue weighted by atomic mass is 10.2. The van der Waals surface area contributed by atoms with Gasteiger partial charge in [0.1, 0.15) is 6.04 Å². The van der Waals surface area contributed by atoms with Gasteiger partial charge in [-0.25, -0.2) is 9.59 Å². The zero-order valence-electron chi connectivity index (χ0n) is 12.4. The molecule has 0 amide bonds. The Morgan fingerprint density at radius 2 is 1.84 bits per heavy atom. The predicted molar refractivity (Wildman–Crippen MR) is 77.9 cm³/mol. The second-order valence-electron chi connectivity index (χ2n) is 5.11. The molecule has 0 spiro atoms. The molecule has 2 unspecified atom stereocenters. The highest BCUT2D eigenvalue weighted by Crippen LogP contribution is 2.35. The minimum atomic E-state index is -5.25. The summed E-state index contributed by atoms with van der Waals surface area (Å²) in [4.78, 5) is 37.8. The van der Waals surface area contributed by atoms with Gasteiger partial charge in [-0.2, -0.15) is 13.2 Å². The van der Waals surface area contributed by atoms with E-state index in [4.69, 9.17) is 10.2 Å². The van der Waals surface area contributed by atoms with Crippen molar-refractivity contribution in [2.45, 2.75) is 28.8 Å². The minimum Gasteiger partial charge on any atom is -0.480 e. The number of carbonyl (C=O) groups excluding carboxylic acids is 1. The zero-order chi connectivity index (χ0) is 18.8. The van der Waals surface area contributed by atoms with Gasteiger partial charge in [-0.3, -0.25) is 4.79 Å². The Hall–Kier alpha value is -2.27.